The van der Waals surface area contributed by atoms with Crippen molar-refractivity contribution < 1.29 is 38.1 Å². The highest BCUT2D eigenvalue weighted by Crippen LogP contribution is 2.33. The van der Waals surface area contributed by atoms with Crippen molar-refractivity contribution in [3.8, 4) is 11.5 Å². The lowest BCUT2D eigenvalue weighted by atomic mass is 10.1. The van der Waals surface area contributed by atoms with Gasteiger partial charge in [0.25, 0.3) is 0 Å². The van der Waals surface area contributed by atoms with E-state index in [2.05, 4.69) is 19.6 Å². The molecule has 1 aliphatic heterocycles. The van der Waals surface area contributed by atoms with E-state index in [0.717, 1.165) is 30.1 Å². The van der Waals surface area contributed by atoms with Crippen molar-refractivity contribution in [3.63, 3.8) is 0 Å². The second-order valence-electron chi connectivity index (χ2n) is 7.18. The van der Waals surface area contributed by atoms with Crippen molar-refractivity contribution >= 4 is 24.9 Å². The van der Waals surface area contributed by atoms with Crippen molar-refractivity contribution in [1.82, 2.24) is 0 Å². The van der Waals surface area contributed by atoms with Gasteiger partial charge in [0.05, 0.1) is 0 Å². The van der Waals surface area contributed by atoms with E-state index >= 15 is 0 Å². The molecule has 0 spiro atoms. The van der Waals surface area contributed by atoms with Gasteiger partial charge in [-0.15, -0.1) is 0 Å². The van der Waals surface area contributed by atoms with Crippen molar-refractivity contribution in [2.45, 2.75) is 71.0 Å². The lowest BCUT2D eigenvalue weighted by Crippen LogP contribution is -2.23. The molecule has 0 aromatic heterocycles. The maximum atomic E-state index is 12.3. The van der Waals surface area contributed by atoms with E-state index in [0.29, 0.717) is 6.79 Å². The molecule has 31 heavy (non-hydrogen) atoms. The van der Waals surface area contributed by atoms with E-state index < -0.39 is 19.0 Å². The normalized spacial score (nSPS) is 13.9. The highest BCUT2D eigenvalue weighted by atomic mass is 32.2. The maximum absolute atomic E-state index is 12.3. The summed E-state index contributed by atoms with van der Waals surface area (Å²) in [4.78, 5) is 30.8. The molecule has 0 radical (unpaired) electrons. The third-order valence-corrected chi connectivity index (χ3v) is 5.86. The fourth-order valence-electron chi connectivity index (χ4n) is 2.72. The molecule has 9 nitrogen and oxygen atoms in total. The van der Waals surface area contributed by atoms with E-state index in [1.807, 2.05) is 18.2 Å². The third kappa shape index (κ3) is 18.0. The first-order valence-electron chi connectivity index (χ1n) is 10.2. The van der Waals surface area contributed by atoms with Crippen LogP contribution < -0.4 is 15.2 Å². The second-order valence-corrected chi connectivity index (χ2v) is 10.2. The molecule has 1 amide bonds. The number of phosphoric acid groups is 1. The van der Waals surface area contributed by atoms with Gasteiger partial charge in [-0.1, -0.05) is 49.8 Å². The van der Waals surface area contributed by atoms with Gasteiger partial charge < -0.3 is 34.4 Å². The van der Waals surface area contributed by atoms with Crippen molar-refractivity contribution in [1.29, 1.82) is 0 Å². The van der Waals surface area contributed by atoms with E-state index in [9.17, 15) is 9.35 Å². The van der Waals surface area contributed by atoms with E-state index in [4.69, 9.17) is 28.7 Å². The number of primary amides is 1. The molecule has 2 unspecified atom stereocenters. The Balaban J connectivity index is 0.000000846. The van der Waals surface area contributed by atoms with Crippen LogP contribution in [0.25, 0.3) is 0 Å². The molecule has 180 valence electrons. The number of fused-ring (bicyclic) bond motifs is 1. The SMILES string of the molecule is CC(N)=O.CCCCCCCC[S+]([O-])C(C)Cc1ccc2c(c1)OCO2.O=P(O)(O)O. The molecular formula is C20H36NO8PS. The predicted octanol–water partition coefficient (Wildman–Crippen LogP) is 3.02. The minimum atomic E-state index is -4.64. The largest absolute Gasteiger partial charge is 0.616 e. The molecule has 0 aliphatic carbocycles. The Hall–Kier alpha value is -1.29. The predicted molar refractivity (Wildman–Crippen MR) is 121 cm³/mol. The van der Waals surface area contributed by atoms with Gasteiger partial charge in [0.1, 0.15) is 11.0 Å². The second kappa shape index (κ2) is 16.4. The maximum Gasteiger partial charge on any atom is 0.466 e. The molecule has 0 saturated carbocycles. The number of hydrogen-bond acceptors (Lipinski definition) is 5. The van der Waals surface area contributed by atoms with Gasteiger partial charge in [0.2, 0.25) is 12.7 Å². The van der Waals surface area contributed by atoms with Gasteiger partial charge in [-0.2, -0.15) is 0 Å². The van der Waals surface area contributed by atoms with Crippen LogP contribution in [0.15, 0.2) is 18.2 Å². The molecule has 1 aromatic rings. The number of carbonyl (C=O) groups is 1. The Morgan fingerprint density at radius 3 is 2.26 bits per heavy atom. The molecular weight excluding hydrogens is 445 g/mol. The molecule has 1 heterocycles. The van der Waals surface area contributed by atoms with Crippen LogP contribution in [0.1, 0.15) is 64.9 Å². The summed E-state index contributed by atoms with van der Waals surface area (Å²) >= 11 is -0.743. The molecule has 0 bridgehead atoms. The molecule has 1 aromatic carbocycles. The van der Waals surface area contributed by atoms with Gasteiger partial charge in [-0.3, -0.25) is 4.79 Å². The Kier molecular flexibility index (Phi) is 15.7. The van der Waals surface area contributed by atoms with E-state index in [-0.39, 0.29) is 11.2 Å². The zero-order valence-corrected chi connectivity index (χ0v) is 20.2. The van der Waals surface area contributed by atoms with Crippen molar-refractivity contribution in [2.75, 3.05) is 12.5 Å². The smallest absolute Gasteiger partial charge is 0.466 e. The lowest BCUT2D eigenvalue weighted by molar-refractivity contribution is -0.115. The monoisotopic (exact) mass is 481 g/mol. The van der Waals surface area contributed by atoms with Crippen LogP contribution in [0, 0.1) is 0 Å². The quantitative estimate of drug-likeness (QED) is 0.225. The fourth-order valence-corrected chi connectivity index (χ4v) is 3.99. The zero-order chi connectivity index (χ0) is 23.9. The summed E-state index contributed by atoms with van der Waals surface area (Å²) in [6.07, 6.45) is 8.32. The molecule has 0 fully saturated rings. The molecule has 0 saturated heterocycles. The number of unbranched alkanes of at least 4 members (excludes halogenated alkanes) is 5. The van der Waals surface area contributed by atoms with Crippen LogP contribution in [0.3, 0.4) is 0 Å². The Morgan fingerprint density at radius 1 is 1.16 bits per heavy atom. The Morgan fingerprint density at radius 2 is 1.68 bits per heavy atom. The van der Waals surface area contributed by atoms with Gasteiger partial charge in [0, 0.05) is 13.3 Å². The molecule has 11 heteroatoms. The lowest BCUT2D eigenvalue weighted by Gasteiger charge is -2.18. The summed E-state index contributed by atoms with van der Waals surface area (Å²) in [5, 5.41) is 0.191. The minimum absolute atomic E-state index is 0.191. The van der Waals surface area contributed by atoms with Gasteiger partial charge >= 0.3 is 7.82 Å². The van der Waals surface area contributed by atoms with Crippen molar-refractivity contribution in [2.24, 2.45) is 5.73 Å². The first kappa shape index (κ1) is 29.7. The summed E-state index contributed by atoms with van der Waals surface area (Å²) in [5.74, 6) is 2.12. The summed E-state index contributed by atoms with van der Waals surface area (Å²) in [6, 6.07) is 6.01. The summed E-state index contributed by atoms with van der Waals surface area (Å²) in [7, 11) is -4.64. The van der Waals surface area contributed by atoms with E-state index in [1.165, 1.54) is 44.6 Å². The number of benzene rings is 1. The molecule has 1 aliphatic rings. The number of amides is 1. The Bertz CT molecular complexity index is 673. The highest BCUT2D eigenvalue weighted by molar-refractivity contribution is 7.91. The Labute approximate surface area is 187 Å². The average Bonchev–Trinajstić information content (AvgIpc) is 3.10. The fraction of sp³-hybridized carbons (Fsp3) is 0.650. The number of rotatable bonds is 10. The van der Waals surface area contributed by atoms with Crippen LogP contribution >= 0.6 is 7.82 Å². The van der Waals surface area contributed by atoms with Crippen molar-refractivity contribution in [3.05, 3.63) is 23.8 Å². The van der Waals surface area contributed by atoms with Crippen LogP contribution in [-0.2, 0) is 27.0 Å². The number of hydrogen-bond donors (Lipinski definition) is 4. The third-order valence-electron chi connectivity index (χ3n) is 4.11. The zero-order valence-electron chi connectivity index (χ0n) is 18.5. The van der Waals surface area contributed by atoms with Crippen LogP contribution in [0.5, 0.6) is 11.5 Å². The summed E-state index contributed by atoms with van der Waals surface area (Å²) < 4.78 is 31.9. The van der Waals surface area contributed by atoms with Crippen LogP contribution in [0.4, 0.5) is 0 Å². The average molecular weight is 482 g/mol. The molecule has 5 N–H and O–H groups in total. The first-order chi connectivity index (χ1) is 14.4. The van der Waals surface area contributed by atoms with E-state index in [1.54, 1.807) is 0 Å². The summed E-state index contributed by atoms with van der Waals surface area (Å²) in [6.45, 7) is 5.92. The molecule has 2 atom stereocenters. The van der Waals surface area contributed by atoms with Crippen LogP contribution in [-0.4, -0.2) is 42.9 Å². The standard InChI is InChI=1S/C18H28O3S.C2H5NO.H3O4P/c1-3-4-5-6-7-8-11-22(19)15(2)12-16-9-10-17-18(13-16)21-14-20-17;1-2(3)4;1-5(2,3)4/h9-10,13,15H,3-8,11-12,14H2,1-2H3;1H3,(H2,3,4);(H3,1,2,3,4). The van der Waals surface area contributed by atoms with Gasteiger partial charge in [0.15, 0.2) is 11.5 Å². The highest BCUT2D eigenvalue weighted by Gasteiger charge is 2.19. The van der Waals surface area contributed by atoms with Gasteiger partial charge in [-0.05, 0) is 37.5 Å². The number of carbonyl (C=O) groups excluding carboxylic acids is 1. The van der Waals surface area contributed by atoms with Gasteiger partial charge in [-0.25, -0.2) is 4.57 Å². The molecule has 2 rings (SSSR count). The topological polar surface area (TPSA) is 162 Å². The number of ether oxygens (including phenoxy) is 2. The number of nitrogens with two attached hydrogens (primary N) is 1. The minimum Gasteiger partial charge on any atom is -0.616 e. The first-order valence-corrected chi connectivity index (χ1v) is 13.2. The van der Waals surface area contributed by atoms with Crippen LogP contribution in [0.2, 0.25) is 0 Å². The summed E-state index contributed by atoms with van der Waals surface area (Å²) in [5.41, 5.74) is 5.65.